The monoisotopic (exact) mass is 319 g/mol. The number of likely N-dealkylation sites (N-methyl/N-ethyl adjacent to an activating group) is 1. The van der Waals surface area contributed by atoms with E-state index in [0.29, 0.717) is 18.0 Å². The molecule has 6 heteroatoms. The second-order valence-corrected chi connectivity index (χ2v) is 6.64. The third-order valence-electron chi connectivity index (χ3n) is 3.35. The highest BCUT2D eigenvalue weighted by molar-refractivity contribution is 5.90. The summed E-state index contributed by atoms with van der Waals surface area (Å²) in [4.78, 5) is 13.8. The lowest BCUT2D eigenvalue weighted by molar-refractivity contribution is -0.117. The quantitative estimate of drug-likeness (QED) is 0.919. The number of nitrogens with one attached hydrogen (secondary N) is 1. The Bertz CT molecular complexity index is 676. The van der Waals surface area contributed by atoms with Crippen LogP contribution in [0.2, 0.25) is 0 Å². The largest absolute Gasteiger partial charge is 0.338 e. The molecular formula is C17H22FN3O2. The number of hydrogen-bond donors (Lipinski definition) is 1. The first-order valence-corrected chi connectivity index (χ1v) is 7.44. The minimum absolute atomic E-state index is 0.125. The second kappa shape index (κ2) is 6.91. The van der Waals surface area contributed by atoms with Crippen molar-refractivity contribution in [2.75, 3.05) is 18.9 Å². The lowest BCUT2D eigenvalue weighted by Gasteiger charge is -2.16. The molecule has 0 aliphatic carbocycles. The van der Waals surface area contributed by atoms with Gasteiger partial charge in [0.2, 0.25) is 11.8 Å². The van der Waals surface area contributed by atoms with E-state index in [2.05, 4.69) is 10.5 Å². The average Bonchev–Trinajstić information content (AvgIpc) is 2.89. The van der Waals surface area contributed by atoms with Gasteiger partial charge < -0.3 is 4.52 Å². The number of amides is 1. The van der Waals surface area contributed by atoms with Crippen molar-refractivity contribution in [2.45, 2.75) is 32.7 Å². The SMILES string of the molecule is CN(CC(=O)Nc1cc(C(C)(C)C)no1)Cc1ccccc1F. The summed E-state index contributed by atoms with van der Waals surface area (Å²) in [6, 6.07) is 8.24. The molecule has 1 heterocycles. The summed E-state index contributed by atoms with van der Waals surface area (Å²) in [5, 5.41) is 6.61. The molecule has 0 spiro atoms. The Morgan fingerprint density at radius 1 is 1.35 bits per heavy atom. The highest BCUT2D eigenvalue weighted by Crippen LogP contribution is 2.23. The van der Waals surface area contributed by atoms with Gasteiger partial charge >= 0.3 is 0 Å². The van der Waals surface area contributed by atoms with Gasteiger partial charge in [-0.1, -0.05) is 44.1 Å². The first-order chi connectivity index (χ1) is 10.8. The molecule has 0 atom stereocenters. The van der Waals surface area contributed by atoms with Crippen LogP contribution in [0.1, 0.15) is 32.0 Å². The van der Waals surface area contributed by atoms with Crippen molar-refractivity contribution in [1.82, 2.24) is 10.1 Å². The molecule has 0 radical (unpaired) electrons. The highest BCUT2D eigenvalue weighted by Gasteiger charge is 2.20. The van der Waals surface area contributed by atoms with E-state index in [1.165, 1.54) is 6.07 Å². The number of nitrogens with zero attached hydrogens (tertiary/aromatic N) is 2. The maximum Gasteiger partial charge on any atom is 0.240 e. The van der Waals surface area contributed by atoms with Crippen molar-refractivity contribution >= 4 is 11.8 Å². The summed E-state index contributed by atoms with van der Waals surface area (Å²) in [6.45, 7) is 6.51. The molecule has 1 amide bonds. The predicted octanol–water partition coefficient (Wildman–Crippen LogP) is 3.18. The zero-order valence-corrected chi connectivity index (χ0v) is 13.9. The first-order valence-electron chi connectivity index (χ1n) is 7.44. The Morgan fingerprint density at radius 3 is 2.65 bits per heavy atom. The Labute approximate surface area is 135 Å². The minimum atomic E-state index is -0.273. The summed E-state index contributed by atoms with van der Waals surface area (Å²) >= 11 is 0. The van der Waals surface area contributed by atoms with Crippen LogP contribution < -0.4 is 5.32 Å². The summed E-state index contributed by atoms with van der Waals surface area (Å²) < 4.78 is 18.7. The van der Waals surface area contributed by atoms with E-state index in [0.717, 1.165) is 5.69 Å². The summed E-state index contributed by atoms with van der Waals surface area (Å²) in [7, 11) is 1.76. The van der Waals surface area contributed by atoms with Crippen LogP contribution in [0.15, 0.2) is 34.9 Å². The van der Waals surface area contributed by atoms with Gasteiger partial charge in [-0.3, -0.25) is 15.0 Å². The second-order valence-electron chi connectivity index (χ2n) is 6.64. The lowest BCUT2D eigenvalue weighted by atomic mass is 9.92. The molecular weight excluding hydrogens is 297 g/mol. The summed E-state index contributed by atoms with van der Waals surface area (Å²) in [5.74, 6) is -0.190. The Balaban J connectivity index is 1.89. The fraction of sp³-hybridized carbons (Fsp3) is 0.412. The van der Waals surface area contributed by atoms with Gasteiger partial charge in [0.05, 0.1) is 12.2 Å². The van der Waals surface area contributed by atoms with Crippen LogP contribution in [-0.4, -0.2) is 29.6 Å². The van der Waals surface area contributed by atoms with Gasteiger partial charge in [-0.25, -0.2) is 4.39 Å². The van der Waals surface area contributed by atoms with E-state index in [9.17, 15) is 9.18 Å². The molecule has 0 unspecified atom stereocenters. The van der Waals surface area contributed by atoms with Crippen molar-refractivity contribution < 1.29 is 13.7 Å². The maximum atomic E-state index is 13.6. The molecule has 0 saturated carbocycles. The van der Waals surface area contributed by atoms with Crippen LogP contribution in [0.4, 0.5) is 10.3 Å². The molecule has 0 fully saturated rings. The molecule has 0 bridgehead atoms. The van der Waals surface area contributed by atoms with E-state index < -0.39 is 0 Å². The molecule has 1 aromatic heterocycles. The average molecular weight is 319 g/mol. The van der Waals surface area contributed by atoms with E-state index in [-0.39, 0.29) is 23.7 Å². The van der Waals surface area contributed by atoms with Gasteiger partial charge in [0.25, 0.3) is 0 Å². The molecule has 2 rings (SSSR count). The Hall–Kier alpha value is -2.21. The number of aromatic nitrogens is 1. The van der Waals surface area contributed by atoms with Crippen LogP contribution in [0.3, 0.4) is 0 Å². The molecule has 0 saturated heterocycles. The summed E-state index contributed by atoms with van der Waals surface area (Å²) in [5.41, 5.74) is 1.18. The Kier molecular flexibility index (Phi) is 5.15. The molecule has 124 valence electrons. The molecule has 0 aliphatic heterocycles. The number of carbonyl (C=O) groups excluding carboxylic acids is 1. The maximum absolute atomic E-state index is 13.6. The van der Waals surface area contributed by atoms with Crippen LogP contribution >= 0.6 is 0 Å². The zero-order valence-electron chi connectivity index (χ0n) is 13.9. The zero-order chi connectivity index (χ0) is 17.0. The molecule has 0 aliphatic rings. The first kappa shape index (κ1) is 17.1. The number of anilines is 1. The normalized spacial score (nSPS) is 11.7. The number of benzene rings is 1. The standard InChI is InChI=1S/C17H22FN3O2/c1-17(2,3)14-9-16(23-20-14)19-15(22)11-21(4)10-12-7-5-6-8-13(12)18/h5-9H,10-11H2,1-4H3,(H,19,22). The minimum Gasteiger partial charge on any atom is -0.338 e. The topological polar surface area (TPSA) is 58.4 Å². The van der Waals surface area contributed by atoms with Crippen LogP contribution in [-0.2, 0) is 16.8 Å². The number of carbonyl (C=O) groups is 1. The van der Waals surface area contributed by atoms with Gasteiger partial charge in [0.1, 0.15) is 5.82 Å². The number of halogens is 1. The van der Waals surface area contributed by atoms with Gasteiger partial charge in [0, 0.05) is 23.6 Å². The highest BCUT2D eigenvalue weighted by atomic mass is 19.1. The van der Waals surface area contributed by atoms with Gasteiger partial charge in [-0.15, -0.1) is 0 Å². The summed E-state index contributed by atoms with van der Waals surface area (Å²) in [6.07, 6.45) is 0. The molecule has 5 nitrogen and oxygen atoms in total. The van der Waals surface area contributed by atoms with Gasteiger partial charge in [-0.05, 0) is 13.1 Å². The van der Waals surface area contributed by atoms with Crippen molar-refractivity contribution in [3.8, 4) is 0 Å². The number of rotatable bonds is 5. The van der Waals surface area contributed by atoms with E-state index in [4.69, 9.17) is 4.52 Å². The van der Waals surface area contributed by atoms with E-state index in [1.54, 1.807) is 36.2 Å². The molecule has 1 aromatic carbocycles. The third-order valence-corrected chi connectivity index (χ3v) is 3.35. The smallest absolute Gasteiger partial charge is 0.240 e. The van der Waals surface area contributed by atoms with Gasteiger partial charge in [-0.2, -0.15) is 0 Å². The van der Waals surface area contributed by atoms with Crippen LogP contribution in [0.5, 0.6) is 0 Å². The van der Waals surface area contributed by atoms with Crippen LogP contribution in [0, 0.1) is 5.82 Å². The number of hydrogen-bond acceptors (Lipinski definition) is 4. The lowest BCUT2D eigenvalue weighted by Crippen LogP contribution is -2.30. The van der Waals surface area contributed by atoms with Crippen molar-refractivity contribution in [2.24, 2.45) is 0 Å². The van der Waals surface area contributed by atoms with Crippen molar-refractivity contribution in [3.05, 3.63) is 47.4 Å². The van der Waals surface area contributed by atoms with E-state index in [1.807, 2.05) is 20.8 Å². The Morgan fingerprint density at radius 2 is 2.04 bits per heavy atom. The van der Waals surface area contributed by atoms with Crippen molar-refractivity contribution in [1.29, 1.82) is 0 Å². The fourth-order valence-electron chi connectivity index (χ4n) is 2.08. The third kappa shape index (κ3) is 4.89. The van der Waals surface area contributed by atoms with Crippen LogP contribution in [0.25, 0.3) is 0 Å². The van der Waals surface area contributed by atoms with Gasteiger partial charge in [0.15, 0.2) is 0 Å². The fourth-order valence-corrected chi connectivity index (χ4v) is 2.08. The van der Waals surface area contributed by atoms with E-state index >= 15 is 0 Å². The van der Waals surface area contributed by atoms with Crippen molar-refractivity contribution in [3.63, 3.8) is 0 Å². The predicted molar refractivity (Wildman–Crippen MR) is 86.6 cm³/mol. The molecule has 23 heavy (non-hydrogen) atoms. The molecule has 1 N–H and O–H groups in total. The molecule has 2 aromatic rings.